The van der Waals surface area contributed by atoms with E-state index in [4.69, 9.17) is 4.74 Å². The molecule has 1 aromatic heterocycles. The zero-order chi connectivity index (χ0) is 17.1. The van der Waals surface area contributed by atoms with Crippen LogP contribution in [0.3, 0.4) is 0 Å². The molecule has 1 amide bonds. The Morgan fingerprint density at radius 3 is 2.71 bits per heavy atom. The lowest BCUT2D eigenvalue weighted by molar-refractivity contribution is 0.0934. The molecule has 3 rings (SSSR count). The van der Waals surface area contributed by atoms with E-state index in [2.05, 4.69) is 16.4 Å². The van der Waals surface area contributed by atoms with Crippen LogP contribution in [0.15, 0.2) is 12.1 Å². The van der Waals surface area contributed by atoms with E-state index >= 15 is 0 Å². The molecule has 0 aliphatic heterocycles. The van der Waals surface area contributed by atoms with Crippen LogP contribution in [-0.2, 0) is 0 Å². The first-order valence-electron chi connectivity index (χ1n) is 8.91. The second-order valence-electron chi connectivity index (χ2n) is 7.40. The molecule has 2 aliphatic carbocycles. The van der Waals surface area contributed by atoms with E-state index < -0.39 is 6.04 Å². The first kappa shape index (κ1) is 16.8. The van der Waals surface area contributed by atoms with Crippen molar-refractivity contribution in [2.75, 3.05) is 6.61 Å². The SMILES string of the molecule is CC(C)CC(C#N)NC(=O)c1nc(OCC2CC2)ccc1C1CC1. The summed E-state index contributed by atoms with van der Waals surface area (Å²) in [5, 5.41) is 12.1. The highest BCUT2D eigenvalue weighted by molar-refractivity contribution is 5.94. The Morgan fingerprint density at radius 2 is 2.12 bits per heavy atom. The Balaban J connectivity index is 1.73. The first-order valence-corrected chi connectivity index (χ1v) is 8.91. The minimum Gasteiger partial charge on any atom is -0.477 e. The summed E-state index contributed by atoms with van der Waals surface area (Å²) in [7, 11) is 0. The predicted molar refractivity (Wildman–Crippen MR) is 90.8 cm³/mol. The summed E-state index contributed by atoms with van der Waals surface area (Å²) < 4.78 is 5.72. The molecule has 128 valence electrons. The molecule has 0 radical (unpaired) electrons. The quantitative estimate of drug-likeness (QED) is 0.794. The molecule has 5 heteroatoms. The van der Waals surface area contributed by atoms with Crippen LogP contribution in [0.25, 0.3) is 0 Å². The van der Waals surface area contributed by atoms with E-state index in [1.807, 2.05) is 26.0 Å². The number of rotatable bonds is 8. The summed E-state index contributed by atoms with van der Waals surface area (Å²) in [5.41, 5.74) is 1.40. The van der Waals surface area contributed by atoms with Gasteiger partial charge in [0.05, 0.1) is 12.7 Å². The van der Waals surface area contributed by atoms with Crippen LogP contribution in [-0.4, -0.2) is 23.5 Å². The van der Waals surface area contributed by atoms with Gasteiger partial charge in [-0.3, -0.25) is 4.79 Å². The van der Waals surface area contributed by atoms with Gasteiger partial charge in [0.2, 0.25) is 5.88 Å². The molecule has 0 aromatic carbocycles. The lowest BCUT2D eigenvalue weighted by Crippen LogP contribution is -2.35. The smallest absolute Gasteiger partial charge is 0.271 e. The third-order valence-corrected chi connectivity index (χ3v) is 4.47. The minimum atomic E-state index is -0.484. The Kier molecular flexibility index (Phi) is 5.03. The van der Waals surface area contributed by atoms with Gasteiger partial charge in [-0.2, -0.15) is 5.26 Å². The highest BCUT2D eigenvalue weighted by atomic mass is 16.5. The molecule has 5 nitrogen and oxygen atoms in total. The van der Waals surface area contributed by atoms with Gasteiger partial charge >= 0.3 is 0 Å². The molecule has 1 N–H and O–H groups in total. The van der Waals surface area contributed by atoms with Crippen LogP contribution in [0.5, 0.6) is 5.88 Å². The van der Waals surface area contributed by atoms with E-state index in [9.17, 15) is 10.1 Å². The molecule has 2 fully saturated rings. The van der Waals surface area contributed by atoms with Crippen molar-refractivity contribution in [3.63, 3.8) is 0 Å². The van der Waals surface area contributed by atoms with Crippen molar-refractivity contribution < 1.29 is 9.53 Å². The topological polar surface area (TPSA) is 75.0 Å². The van der Waals surface area contributed by atoms with Gasteiger partial charge in [-0.05, 0) is 55.4 Å². The van der Waals surface area contributed by atoms with Crippen LogP contribution in [0.4, 0.5) is 0 Å². The van der Waals surface area contributed by atoms with Crippen LogP contribution >= 0.6 is 0 Å². The number of nitrogens with one attached hydrogen (secondary N) is 1. The van der Waals surface area contributed by atoms with Crippen molar-refractivity contribution in [2.24, 2.45) is 11.8 Å². The second-order valence-corrected chi connectivity index (χ2v) is 7.40. The molecular weight excluding hydrogens is 302 g/mol. The fourth-order valence-corrected chi connectivity index (χ4v) is 2.77. The monoisotopic (exact) mass is 327 g/mol. The number of nitrogens with zero attached hydrogens (tertiary/aromatic N) is 2. The van der Waals surface area contributed by atoms with Gasteiger partial charge < -0.3 is 10.1 Å². The molecule has 2 saturated carbocycles. The predicted octanol–water partition coefficient (Wildman–Crippen LogP) is 3.42. The lowest BCUT2D eigenvalue weighted by atomic mass is 10.0. The Labute approximate surface area is 143 Å². The average molecular weight is 327 g/mol. The van der Waals surface area contributed by atoms with Gasteiger partial charge in [0.25, 0.3) is 5.91 Å². The zero-order valence-corrected chi connectivity index (χ0v) is 14.4. The summed E-state index contributed by atoms with van der Waals surface area (Å²) in [6.07, 6.45) is 5.26. The number of carbonyl (C=O) groups is 1. The van der Waals surface area contributed by atoms with Crippen LogP contribution < -0.4 is 10.1 Å². The van der Waals surface area contributed by atoms with Gasteiger partial charge in [-0.25, -0.2) is 4.98 Å². The number of ether oxygens (including phenoxy) is 1. The summed E-state index contributed by atoms with van der Waals surface area (Å²) in [6, 6.07) is 5.51. The van der Waals surface area contributed by atoms with E-state index in [0.29, 0.717) is 42.4 Å². The van der Waals surface area contributed by atoms with Crippen LogP contribution in [0.1, 0.15) is 67.9 Å². The van der Waals surface area contributed by atoms with Crippen LogP contribution in [0.2, 0.25) is 0 Å². The molecule has 1 atom stereocenters. The summed E-state index contributed by atoms with van der Waals surface area (Å²) in [5.74, 6) is 1.65. The van der Waals surface area contributed by atoms with E-state index in [1.54, 1.807) is 0 Å². The van der Waals surface area contributed by atoms with Crippen molar-refractivity contribution in [3.8, 4) is 11.9 Å². The third-order valence-electron chi connectivity index (χ3n) is 4.47. The van der Waals surface area contributed by atoms with Crippen molar-refractivity contribution in [1.82, 2.24) is 10.3 Å². The average Bonchev–Trinajstić information content (AvgIpc) is 3.45. The van der Waals surface area contributed by atoms with Crippen LogP contribution in [0, 0.1) is 23.2 Å². The normalized spacial score (nSPS) is 18.1. The maximum atomic E-state index is 12.7. The lowest BCUT2D eigenvalue weighted by Gasteiger charge is -2.15. The Morgan fingerprint density at radius 1 is 1.38 bits per heavy atom. The number of nitriles is 1. The summed E-state index contributed by atoms with van der Waals surface area (Å²) >= 11 is 0. The highest BCUT2D eigenvalue weighted by Gasteiger charge is 2.30. The fraction of sp³-hybridized carbons (Fsp3) is 0.632. The minimum absolute atomic E-state index is 0.263. The molecule has 1 heterocycles. The maximum absolute atomic E-state index is 12.7. The summed E-state index contributed by atoms with van der Waals surface area (Å²) in [6.45, 7) is 4.75. The molecule has 1 unspecified atom stereocenters. The van der Waals surface area contributed by atoms with E-state index in [-0.39, 0.29) is 5.91 Å². The van der Waals surface area contributed by atoms with Crippen molar-refractivity contribution in [3.05, 3.63) is 23.4 Å². The van der Waals surface area contributed by atoms with E-state index in [0.717, 1.165) is 18.4 Å². The van der Waals surface area contributed by atoms with Gasteiger partial charge in [0.1, 0.15) is 11.7 Å². The maximum Gasteiger partial charge on any atom is 0.271 e. The third kappa shape index (κ3) is 4.47. The van der Waals surface area contributed by atoms with Gasteiger partial charge in [-0.15, -0.1) is 0 Å². The zero-order valence-electron chi connectivity index (χ0n) is 14.4. The molecule has 0 saturated heterocycles. The Hall–Kier alpha value is -2.09. The molecule has 0 spiro atoms. The Bertz CT molecular complexity index is 643. The number of amides is 1. The fourth-order valence-electron chi connectivity index (χ4n) is 2.77. The van der Waals surface area contributed by atoms with Gasteiger partial charge in [0, 0.05) is 6.07 Å². The number of pyridine rings is 1. The highest BCUT2D eigenvalue weighted by Crippen LogP contribution is 2.41. The number of carbonyl (C=O) groups excluding carboxylic acids is 1. The largest absolute Gasteiger partial charge is 0.477 e. The summed E-state index contributed by atoms with van der Waals surface area (Å²) in [4.78, 5) is 17.1. The molecule has 24 heavy (non-hydrogen) atoms. The number of hydrogen-bond acceptors (Lipinski definition) is 4. The van der Waals surface area contributed by atoms with E-state index in [1.165, 1.54) is 12.8 Å². The molecular formula is C19H25N3O2. The van der Waals surface area contributed by atoms with Crippen molar-refractivity contribution in [1.29, 1.82) is 5.26 Å². The van der Waals surface area contributed by atoms with Crippen molar-refractivity contribution in [2.45, 2.75) is 57.9 Å². The van der Waals surface area contributed by atoms with Crippen molar-refractivity contribution >= 4 is 5.91 Å². The van der Waals surface area contributed by atoms with Gasteiger partial charge in [-0.1, -0.05) is 19.9 Å². The number of hydrogen-bond donors (Lipinski definition) is 1. The van der Waals surface area contributed by atoms with Gasteiger partial charge in [0.15, 0.2) is 0 Å². The number of aromatic nitrogens is 1. The second kappa shape index (κ2) is 7.21. The molecule has 0 bridgehead atoms. The first-order chi connectivity index (χ1) is 11.6. The standard InChI is InChI=1S/C19H25N3O2/c1-12(2)9-15(10-20)21-19(23)18-16(14-5-6-14)7-8-17(22-18)24-11-13-3-4-13/h7-8,12-15H,3-6,9,11H2,1-2H3,(H,21,23). The molecule has 2 aliphatic rings. The molecule has 1 aromatic rings.